The van der Waals surface area contributed by atoms with Crippen LogP contribution < -0.4 is 16.0 Å². The third kappa shape index (κ3) is 2.66. The summed E-state index contributed by atoms with van der Waals surface area (Å²) in [5.74, 6) is 7.02. The Bertz CT molecular complexity index is 603. The quantitative estimate of drug-likeness (QED) is 0.674. The van der Waals surface area contributed by atoms with E-state index in [4.69, 9.17) is 22.2 Å². The van der Waals surface area contributed by atoms with E-state index in [0.29, 0.717) is 6.61 Å². The number of nitrogens with one attached hydrogen (secondary N) is 1. The molecule has 0 amide bonds. The predicted octanol–water partition coefficient (Wildman–Crippen LogP) is 3.10. The maximum Gasteiger partial charge on any atom is 0.122 e. The molecule has 104 valence electrons. The third-order valence-electron chi connectivity index (χ3n) is 3.77. The Kier molecular flexibility index (Phi) is 3.92. The van der Waals surface area contributed by atoms with Crippen LogP contribution in [0.5, 0.6) is 5.75 Å². The summed E-state index contributed by atoms with van der Waals surface area (Å²) >= 11 is 6.07. The van der Waals surface area contributed by atoms with Crippen LogP contribution in [0.3, 0.4) is 0 Å². The molecule has 2 aromatic carbocycles. The summed E-state index contributed by atoms with van der Waals surface area (Å²) in [4.78, 5) is 0. The van der Waals surface area contributed by atoms with Gasteiger partial charge in [-0.05, 0) is 35.7 Å². The minimum atomic E-state index is 0.0297. The number of hydrogen-bond donors (Lipinski definition) is 2. The van der Waals surface area contributed by atoms with Crippen LogP contribution in [0.1, 0.15) is 17.2 Å². The Hall–Kier alpha value is -1.55. The van der Waals surface area contributed by atoms with Gasteiger partial charge in [0.15, 0.2) is 0 Å². The lowest BCUT2D eigenvalue weighted by Crippen LogP contribution is -2.38. The standard InChI is InChI=1S/C16H17ClN2O/c17-14-6-3-5-12(9-14)16(19-18)13-8-11-4-1-2-7-15(11)20-10-13/h1-7,9,13,16,19H,8,10,18H2. The molecule has 3 rings (SSSR count). The van der Waals surface area contributed by atoms with Crippen molar-refractivity contribution in [2.45, 2.75) is 12.5 Å². The van der Waals surface area contributed by atoms with Gasteiger partial charge in [-0.25, -0.2) is 0 Å². The molecule has 0 radical (unpaired) electrons. The fourth-order valence-electron chi connectivity index (χ4n) is 2.77. The fourth-order valence-corrected chi connectivity index (χ4v) is 2.97. The van der Waals surface area contributed by atoms with E-state index >= 15 is 0 Å². The summed E-state index contributed by atoms with van der Waals surface area (Å²) in [5, 5.41) is 0.722. The first-order chi connectivity index (χ1) is 9.78. The molecule has 2 unspecified atom stereocenters. The Balaban J connectivity index is 1.85. The fraction of sp³-hybridized carbons (Fsp3) is 0.250. The number of benzene rings is 2. The highest BCUT2D eigenvalue weighted by Gasteiger charge is 2.27. The summed E-state index contributed by atoms with van der Waals surface area (Å²) in [6.45, 7) is 0.651. The first-order valence-electron chi connectivity index (χ1n) is 6.70. The zero-order valence-electron chi connectivity index (χ0n) is 11.1. The molecular weight excluding hydrogens is 272 g/mol. The van der Waals surface area contributed by atoms with E-state index in [0.717, 1.165) is 22.8 Å². The van der Waals surface area contributed by atoms with Crippen LogP contribution >= 0.6 is 11.6 Å². The summed E-state index contributed by atoms with van der Waals surface area (Å²) in [6, 6.07) is 16.0. The van der Waals surface area contributed by atoms with Crippen molar-refractivity contribution in [3.8, 4) is 5.75 Å². The lowest BCUT2D eigenvalue weighted by atomic mass is 9.87. The molecule has 4 heteroatoms. The van der Waals surface area contributed by atoms with Gasteiger partial charge < -0.3 is 4.74 Å². The van der Waals surface area contributed by atoms with Crippen LogP contribution in [0.4, 0.5) is 0 Å². The first kappa shape index (κ1) is 13.4. The second kappa shape index (κ2) is 5.83. The third-order valence-corrected chi connectivity index (χ3v) is 4.00. The molecule has 1 aliphatic heterocycles. The van der Waals surface area contributed by atoms with Gasteiger partial charge in [0.1, 0.15) is 5.75 Å². The highest BCUT2D eigenvalue weighted by molar-refractivity contribution is 6.30. The lowest BCUT2D eigenvalue weighted by Gasteiger charge is -2.31. The first-order valence-corrected chi connectivity index (χ1v) is 7.08. The summed E-state index contributed by atoms with van der Waals surface area (Å²) in [5.41, 5.74) is 5.23. The highest BCUT2D eigenvalue weighted by Crippen LogP contribution is 2.33. The van der Waals surface area contributed by atoms with Gasteiger partial charge in [-0.3, -0.25) is 11.3 Å². The van der Waals surface area contributed by atoms with E-state index < -0.39 is 0 Å². The van der Waals surface area contributed by atoms with Crippen LogP contribution in [0.2, 0.25) is 5.02 Å². The van der Waals surface area contributed by atoms with Crippen molar-refractivity contribution in [3.63, 3.8) is 0 Å². The monoisotopic (exact) mass is 288 g/mol. The molecule has 0 saturated carbocycles. The van der Waals surface area contributed by atoms with Gasteiger partial charge in [0.05, 0.1) is 12.6 Å². The number of ether oxygens (including phenoxy) is 1. The van der Waals surface area contributed by atoms with E-state index in [9.17, 15) is 0 Å². The summed E-state index contributed by atoms with van der Waals surface area (Å²) < 4.78 is 5.84. The zero-order valence-corrected chi connectivity index (χ0v) is 11.8. The smallest absolute Gasteiger partial charge is 0.122 e. The molecule has 0 spiro atoms. The van der Waals surface area contributed by atoms with Crippen LogP contribution in [0.15, 0.2) is 48.5 Å². The van der Waals surface area contributed by atoms with Crippen molar-refractivity contribution in [2.24, 2.45) is 11.8 Å². The summed E-state index contributed by atoms with van der Waals surface area (Å²) in [6.07, 6.45) is 0.942. The van der Waals surface area contributed by atoms with Gasteiger partial charge in [0.25, 0.3) is 0 Å². The van der Waals surface area contributed by atoms with Gasteiger partial charge in [-0.2, -0.15) is 0 Å². The minimum absolute atomic E-state index is 0.0297. The van der Waals surface area contributed by atoms with Crippen LogP contribution in [-0.2, 0) is 6.42 Å². The second-order valence-electron chi connectivity index (χ2n) is 5.08. The molecule has 3 nitrogen and oxygen atoms in total. The molecule has 0 aliphatic carbocycles. The minimum Gasteiger partial charge on any atom is -0.493 e. The highest BCUT2D eigenvalue weighted by atomic mass is 35.5. The normalized spacial score (nSPS) is 19.0. The largest absolute Gasteiger partial charge is 0.493 e. The van der Waals surface area contributed by atoms with Gasteiger partial charge in [0.2, 0.25) is 0 Å². The van der Waals surface area contributed by atoms with Crippen molar-refractivity contribution < 1.29 is 4.74 Å². The number of hydrogen-bond acceptors (Lipinski definition) is 3. The van der Waals surface area contributed by atoms with Crippen molar-refractivity contribution in [1.29, 1.82) is 0 Å². The van der Waals surface area contributed by atoms with Crippen molar-refractivity contribution >= 4 is 11.6 Å². The Labute approximate surface area is 123 Å². The number of rotatable bonds is 3. The molecule has 0 bridgehead atoms. The maximum atomic E-state index is 6.07. The molecule has 0 saturated heterocycles. The molecule has 2 atom stereocenters. The van der Waals surface area contributed by atoms with Gasteiger partial charge in [-0.1, -0.05) is 41.9 Å². The topological polar surface area (TPSA) is 47.3 Å². The van der Waals surface area contributed by atoms with Crippen LogP contribution in [-0.4, -0.2) is 6.61 Å². The van der Waals surface area contributed by atoms with Crippen LogP contribution in [0.25, 0.3) is 0 Å². The Morgan fingerprint density at radius 3 is 2.85 bits per heavy atom. The number of para-hydroxylation sites is 1. The second-order valence-corrected chi connectivity index (χ2v) is 5.52. The molecular formula is C16H17ClN2O. The van der Waals surface area contributed by atoms with Gasteiger partial charge in [0, 0.05) is 10.9 Å². The number of hydrazine groups is 1. The van der Waals surface area contributed by atoms with E-state index in [1.165, 1.54) is 5.56 Å². The van der Waals surface area contributed by atoms with Crippen molar-refractivity contribution in [3.05, 3.63) is 64.7 Å². The maximum absolute atomic E-state index is 6.07. The van der Waals surface area contributed by atoms with E-state index in [-0.39, 0.29) is 12.0 Å². The Morgan fingerprint density at radius 2 is 2.05 bits per heavy atom. The molecule has 1 heterocycles. The summed E-state index contributed by atoms with van der Waals surface area (Å²) in [7, 11) is 0. The van der Waals surface area contributed by atoms with Crippen molar-refractivity contribution in [2.75, 3.05) is 6.61 Å². The van der Waals surface area contributed by atoms with Gasteiger partial charge in [-0.15, -0.1) is 0 Å². The lowest BCUT2D eigenvalue weighted by molar-refractivity contribution is 0.185. The molecule has 20 heavy (non-hydrogen) atoms. The number of halogens is 1. The SMILES string of the molecule is NNC(c1cccc(Cl)c1)C1COc2ccccc2C1. The molecule has 0 aromatic heterocycles. The average Bonchev–Trinajstić information content (AvgIpc) is 2.48. The average molecular weight is 289 g/mol. The zero-order chi connectivity index (χ0) is 13.9. The van der Waals surface area contributed by atoms with E-state index in [1.807, 2.05) is 42.5 Å². The molecule has 2 aromatic rings. The van der Waals surface area contributed by atoms with E-state index in [1.54, 1.807) is 0 Å². The molecule has 1 aliphatic rings. The van der Waals surface area contributed by atoms with E-state index in [2.05, 4.69) is 11.5 Å². The number of nitrogens with two attached hydrogens (primary N) is 1. The molecule has 3 N–H and O–H groups in total. The molecule has 0 fully saturated rings. The van der Waals surface area contributed by atoms with Gasteiger partial charge >= 0.3 is 0 Å². The number of fused-ring (bicyclic) bond motifs is 1. The van der Waals surface area contributed by atoms with Crippen molar-refractivity contribution in [1.82, 2.24) is 5.43 Å². The van der Waals surface area contributed by atoms with Crippen LogP contribution in [0, 0.1) is 5.92 Å². The Morgan fingerprint density at radius 1 is 1.20 bits per heavy atom. The predicted molar refractivity (Wildman–Crippen MR) is 80.6 cm³/mol.